The molecule has 2 atom stereocenters. The molecule has 0 bridgehead atoms. The molecule has 2 N–H and O–H groups in total. The molecule has 0 spiro atoms. The van der Waals surface area contributed by atoms with Crippen LogP contribution in [0.3, 0.4) is 0 Å². The molecule has 0 amide bonds. The normalized spacial score (nSPS) is 23.1. The van der Waals surface area contributed by atoms with Crippen LogP contribution < -0.4 is 16.2 Å². The van der Waals surface area contributed by atoms with Gasteiger partial charge in [0, 0.05) is 12.1 Å². The van der Waals surface area contributed by atoms with E-state index in [0.29, 0.717) is 10.7 Å². The summed E-state index contributed by atoms with van der Waals surface area (Å²) >= 11 is 5.86. The Labute approximate surface area is 124 Å². The van der Waals surface area contributed by atoms with Gasteiger partial charge in [0.15, 0.2) is 0 Å². The molecular formula is C12H16ClF3N4O. The van der Waals surface area contributed by atoms with Crippen molar-refractivity contribution in [1.82, 2.24) is 15.1 Å². The van der Waals surface area contributed by atoms with Crippen LogP contribution in [0.4, 0.5) is 18.9 Å². The molecule has 118 valence electrons. The Morgan fingerprint density at radius 1 is 1.57 bits per heavy atom. The zero-order chi connectivity index (χ0) is 15.6. The number of hydrogen-bond acceptors (Lipinski definition) is 4. The molecule has 0 radical (unpaired) electrons. The lowest BCUT2D eigenvalue weighted by molar-refractivity contribution is -0.143. The fraction of sp³-hybridized carbons (Fsp3) is 0.667. The summed E-state index contributed by atoms with van der Waals surface area (Å²) in [6.45, 7) is 1.42. The predicted molar refractivity (Wildman–Crippen MR) is 73.7 cm³/mol. The molecule has 1 aliphatic rings. The van der Waals surface area contributed by atoms with E-state index in [0.717, 1.165) is 19.4 Å². The van der Waals surface area contributed by atoms with Crippen molar-refractivity contribution in [3.05, 3.63) is 21.6 Å². The van der Waals surface area contributed by atoms with E-state index in [-0.39, 0.29) is 16.8 Å². The number of alkyl halides is 3. The maximum Gasteiger partial charge on any atom is 0.408 e. The molecule has 5 nitrogen and oxygen atoms in total. The smallest absolute Gasteiger partial charge is 0.380 e. The van der Waals surface area contributed by atoms with Crippen molar-refractivity contribution < 1.29 is 13.2 Å². The van der Waals surface area contributed by atoms with Gasteiger partial charge in [0.05, 0.1) is 11.9 Å². The molecule has 1 aromatic rings. The number of rotatable bonds is 3. The third-order valence-electron chi connectivity index (χ3n) is 3.30. The van der Waals surface area contributed by atoms with Crippen molar-refractivity contribution in [3.63, 3.8) is 0 Å². The highest BCUT2D eigenvalue weighted by Gasteiger charge is 2.30. The maximum atomic E-state index is 12.3. The molecule has 0 aliphatic carbocycles. The second-order valence-corrected chi connectivity index (χ2v) is 5.55. The van der Waals surface area contributed by atoms with Crippen LogP contribution in [-0.4, -0.2) is 34.6 Å². The minimum absolute atomic E-state index is 0.110. The third kappa shape index (κ3) is 4.34. The van der Waals surface area contributed by atoms with Crippen LogP contribution in [0.15, 0.2) is 11.0 Å². The fourth-order valence-corrected chi connectivity index (χ4v) is 2.53. The van der Waals surface area contributed by atoms with Gasteiger partial charge in [-0.2, -0.15) is 18.3 Å². The Bertz CT molecular complexity index is 560. The second-order valence-electron chi connectivity index (χ2n) is 5.17. The van der Waals surface area contributed by atoms with Crippen LogP contribution in [0.25, 0.3) is 0 Å². The third-order valence-corrected chi connectivity index (χ3v) is 3.66. The van der Waals surface area contributed by atoms with Gasteiger partial charge in [0.1, 0.15) is 11.6 Å². The van der Waals surface area contributed by atoms with Crippen molar-refractivity contribution in [3.8, 4) is 0 Å². The van der Waals surface area contributed by atoms with Gasteiger partial charge in [0.2, 0.25) is 0 Å². The van der Waals surface area contributed by atoms with Crippen molar-refractivity contribution in [1.29, 1.82) is 0 Å². The fourth-order valence-electron chi connectivity index (χ4n) is 2.33. The van der Waals surface area contributed by atoms with Gasteiger partial charge in [-0.1, -0.05) is 11.6 Å². The lowest BCUT2D eigenvalue weighted by Gasteiger charge is -2.29. The number of anilines is 1. The highest BCUT2D eigenvalue weighted by Crippen LogP contribution is 2.21. The van der Waals surface area contributed by atoms with Gasteiger partial charge in [-0.3, -0.25) is 4.79 Å². The van der Waals surface area contributed by atoms with Gasteiger partial charge in [-0.15, -0.1) is 0 Å². The summed E-state index contributed by atoms with van der Waals surface area (Å²) in [5.74, 6) is 0. The Morgan fingerprint density at radius 2 is 2.29 bits per heavy atom. The number of nitrogens with one attached hydrogen (secondary N) is 2. The summed E-state index contributed by atoms with van der Waals surface area (Å²) in [5.41, 5.74) is -0.667. The highest BCUT2D eigenvalue weighted by molar-refractivity contribution is 6.32. The molecule has 1 aliphatic heterocycles. The van der Waals surface area contributed by atoms with Crippen LogP contribution in [0, 0.1) is 0 Å². The van der Waals surface area contributed by atoms with Crippen molar-refractivity contribution in [2.45, 2.75) is 44.6 Å². The molecular weight excluding hydrogens is 309 g/mol. The van der Waals surface area contributed by atoms with Gasteiger partial charge >= 0.3 is 6.18 Å². The Hall–Kier alpha value is -1.28. The quantitative estimate of drug-likeness (QED) is 0.893. The Balaban J connectivity index is 2.15. The number of aromatic nitrogens is 2. The molecule has 0 aromatic carbocycles. The summed E-state index contributed by atoms with van der Waals surface area (Å²) in [4.78, 5) is 11.8. The lowest BCUT2D eigenvalue weighted by atomic mass is 10.0. The summed E-state index contributed by atoms with van der Waals surface area (Å²) in [6.07, 6.45) is -1.67. The highest BCUT2D eigenvalue weighted by atomic mass is 35.5. The molecule has 1 aromatic heterocycles. The first kappa shape index (κ1) is 16.1. The first-order valence-corrected chi connectivity index (χ1v) is 6.96. The average molecular weight is 325 g/mol. The van der Waals surface area contributed by atoms with Crippen LogP contribution in [-0.2, 0) is 6.54 Å². The van der Waals surface area contributed by atoms with Crippen LogP contribution in [0.2, 0.25) is 5.02 Å². The molecule has 9 heteroatoms. The monoisotopic (exact) mass is 324 g/mol. The number of halogens is 4. The zero-order valence-corrected chi connectivity index (χ0v) is 12.1. The van der Waals surface area contributed by atoms with Crippen molar-refractivity contribution in [2.24, 2.45) is 0 Å². The molecule has 2 rings (SSSR count). The molecule has 2 unspecified atom stereocenters. The second kappa shape index (κ2) is 6.23. The molecule has 1 fully saturated rings. The summed E-state index contributed by atoms with van der Waals surface area (Å²) in [6, 6.07) is 0.437. The maximum absolute atomic E-state index is 12.3. The van der Waals surface area contributed by atoms with E-state index in [9.17, 15) is 18.0 Å². The van der Waals surface area contributed by atoms with Gasteiger partial charge in [-0.05, 0) is 26.3 Å². The minimum Gasteiger partial charge on any atom is -0.380 e. The number of hydrogen-bond donors (Lipinski definition) is 2. The Kier molecular flexibility index (Phi) is 4.77. The number of piperidine rings is 1. The first-order chi connectivity index (χ1) is 9.76. The molecule has 2 heterocycles. The van der Waals surface area contributed by atoms with E-state index < -0.39 is 18.3 Å². The molecule has 21 heavy (non-hydrogen) atoms. The van der Waals surface area contributed by atoms with E-state index in [1.165, 1.54) is 6.20 Å². The molecule has 0 saturated carbocycles. The van der Waals surface area contributed by atoms with Crippen molar-refractivity contribution in [2.75, 3.05) is 11.9 Å². The van der Waals surface area contributed by atoms with Gasteiger partial charge in [0.25, 0.3) is 5.56 Å². The van der Waals surface area contributed by atoms with Gasteiger partial charge < -0.3 is 10.6 Å². The molecule has 1 saturated heterocycles. The summed E-state index contributed by atoms with van der Waals surface area (Å²) < 4.78 is 37.2. The Morgan fingerprint density at radius 3 is 2.90 bits per heavy atom. The largest absolute Gasteiger partial charge is 0.408 e. The minimum atomic E-state index is -4.51. The van der Waals surface area contributed by atoms with Crippen LogP contribution >= 0.6 is 11.6 Å². The van der Waals surface area contributed by atoms with E-state index in [4.69, 9.17) is 11.6 Å². The van der Waals surface area contributed by atoms with E-state index in [1.54, 1.807) is 0 Å². The number of nitrogens with zero attached hydrogens (tertiary/aromatic N) is 2. The predicted octanol–water partition coefficient (Wildman–Crippen LogP) is 2.01. The topological polar surface area (TPSA) is 59.0 Å². The van der Waals surface area contributed by atoms with E-state index in [2.05, 4.69) is 15.7 Å². The summed E-state index contributed by atoms with van der Waals surface area (Å²) in [7, 11) is 0. The van der Waals surface area contributed by atoms with Gasteiger partial charge in [-0.25, -0.2) is 4.68 Å². The van der Waals surface area contributed by atoms with E-state index >= 15 is 0 Å². The van der Waals surface area contributed by atoms with E-state index in [1.807, 2.05) is 6.92 Å². The van der Waals surface area contributed by atoms with Crippen LogP contribution in [0.5, 0.6) is 0 Å². The van der Waals surface area contributed by atoms with Crippen molar-refractivity contribution >= 4 is 17.3 Å². The first-order valence-electron chi connectivity index (χ1n) is 6.58. The SMILES string of the molecule is CC1CC(Nc2cnn(CC(F)(F)F)c(=O)c2Cl)CCN1. The lowest BCUT2D eigenvalue weighted by Crippen LogP contribution is -2.41. The zero-order valence-electron chi connectivity index (χ0n) is 11.4. The average Bonchev–Trinajstić information content (AvgIpc) is 2.37. The van der Waals surface area contributed by atoms with Crippen LogP contribution in [0.1, 0.15) is 19.8 Å². The summed E-state index contributed by atoms with van der Waals surface area (Å²) in [5, 5.41) is 9.63. The standard InChI is InChI=1S/C12H16ClF3N4O/c1-7-4-8(2-3-17-7)19-9-5-18-20(6-12(14,15)16)11(21)10(9)13/h5,7-8,17,19H,2-4,6H2,1H3.